The maximum absolute atomic E-state index is 13.4. The number of carbonyl (C=O) groups excluding carboxylic acids is 1. The molecule has 82 valence electrons. The molecule has 1 rings (SSSR count). The van der Waals surface area contributed by atoms with Crippen molar-refractivity contribution in [1.82, 2.24) is 9.97 Å². The van der Waals surface area contributed by atoms with Gasteiger partial charge in [0.25, 0.3) is 11.5 Å². The van der Waals surface area contributed by atoms with Gasteiger partial charge in [-0.15, -0.1) is 0 Å². The van der Waals surface area contributed by atoms with Crippen molar-refractivity contribution >= 4 is 5.91 Å². The van der Waals surface area contributed by atoms with E-state index in [9.17, 15) is 14.0 Å². The number of rotatable bonds is 1. The van der Waals surface area contributed by atoms with Crippen LogP contribution in [0.1, 0.15) is 37.0 Å². The van der Waals surface area contributed by atoms with Crippen LogP contribution in [0.4, 0.5) is 4.39 Å². The molecule has 1 amide bonds. The van der Waals surface area contributed by atoms with E-state index >= 15 is 0 Å². The van der Waals surface area contributed by atoms with Gasteiger partial charge in [0.2, 0.25) is 5.95 Å². The Hall–Kier alpha value is -1.72. The van der Waals surface area contributed by atoms with Crippen molar-refractivity contribution in [3.63, 3.8) is 0 Å². The van der Waals surface area contributed by atoms with Gasteiger partial charge < -0.3 is 10.7 Å². The minimum atomic E-state index is -1.05. The lowest BCUT2D eigenvalue weighted by Gasteiger charge is -2.18. The summed E-state index contributed by atoms with van der Waals surface area (Å²) in [6.07, 6.45) is 0. The standard InChI is InChI=1S/C9H12FN3O2/c1-9(2,3)5-6(10)12-4(7(11)14)8(15)13-5/h1-3H3,(H2,11,14)(H,13,15). The molecule has 0 bridgehead atoms. The van der Waals surface area contributed by atoms with Gasteiger partial charge in [0.1, 0.15) is 0 Å². The van der Waals surface area contributed by atoms with E-state index in [-0.39, 0.29) is 5.69 Å². The van der Waals surface area contributed by atoms with Gasteiger partial charge >= 0.3 is 0 Å². The molecular weight excluding hydrogens is 201 g/mol. The number of aromatic nitrogens is 2. The Balaban J connectivity index is 3.46. The summed E-state index contributed by atoms with van der Waals surface area (Å²) in [5.41, 5.74) is 2.94. The summed E-state index contributed by atoms with van der Waals surface area (Å²) in [5.74, 6) is -1.92. The van der Waals surface area contributed by atoms with Crippen molar-refractivity contribution in [3.05, 3.63) is 27.7 Å². The minimum Gasteiger partial charge on any atom is -0.364 e. The Morgan fingerprint density at radius 3 is 2.40 bits per heavy atom. The van der Waals surface area contributed by atoms with Crippen LogP contribution >= 0.6 is 0 Å². The minimum absolute atomic E-state index is 0.0532. The summed E-state index contributed by atoms with van der Waals surface area (Å²) in [5, 5.41) is 0. The van der Waals surface area contributed by atoms with Crippen LogP contribution in [0.2, 0.25) is 0 Å². The third kappa shape index (κ3) is 2.20. The number of nitrogens with two attached hydrogens (primary N) is 1. The SMILES string of the molecule is CC(C)(C)c1[nH]c(=O)c(C(N)=O)nc1F. The molecule has 0 aromatic carbocycles. The van der Waals surface area contributed by atoms with Crippen molar-refractivity contribution in [2.24, 2.45) is 5.73 Å². The number of amides is 1. The maximum atomic E-state index is 13.4. The average Bonchev–Trinajstić information content (AvgIpc) is 2.06. The molecule has 0 radical (unpaired) electrons. The highest BCUT2D eigenvalue weighted by atomic mass is 19.1. The van der Waals surface area contributed by atoms with E-state index in [0.717, 1.165) is 0 Å². The zero-order chi connectivity index (χ0) is 11.8. The van der Waals surface area contributed by atoms with Gasteiger partial charge in [0, 0.05) is 5.41 Å². The molecule has 0 atom stereocenters. The maximum Gasteiger partial charge on any atom is 0.280 e. The molecule has 0 saturated carbocycles. The molecule has 3 N–H and O–H groups in total. The van der Waals surface area contributed by atoms with Crippen LogP contribution in [0.15, 0.2) is 4.79 Å². The van der Waals surface area contributed by atoms with Crippen molar-refractivity contribution in [2.75, 3.05) is 0 Å². The predicted octanol–water partition coefficient (Wildman–Crippen LogP) is 0.305. The number of primary amides is 1. The molecule has 5 nitrogen and oxygen atoms in total. The van der Waals surface area contributed by atoms with Gasteiger partial charge in [0.05, 0.1) is 5.69 Å². The van der Waals surface area contributed by atoms with Crippen LogP contribution in [-0.4, -0.2) is 15.9 Å². The van der Waals surface area contributed by atoms with Crippen LogP contribution in [0.3, 0.4) is 0 Å². The first-order chi connectivity index (χ1) is 6.73. The molecule has 0 aliphatic carbocycles. The Bertz CT molecular complexity index is 459. The van der Waals surface area contributed by atoms with Crippen LogP contribution in [0.25, 0.3) is 0 Å². The summed E-state index contributed by atoms with van der Waals surface area (Å²) >= 11 is 0. The highest BCUT2D eigenvalue weighted by Gasteiger charge is 2.23. The van der Waals surface area contributed by atoms with Crippen molar-refractivity contribution in [3.8, 4) is 0 Å². The summed E-state index contributed by atoms with van der Waals surface area (Å²) in [4.78, 5) is 27.5. The third-order valence-electron chi connectivity index (χ3n) is 1.85. The van der Waals surface area contributed by atoms with Gasteiger partial charge in [-0.1, -0.05) is 20.8 Å². The first-order valence-electron chi connectivity index (χ1n) is 4.33. The Labute approximate surface area is 85.5 Å². The topological polar surface area (TPSA) is 88.8 Å². The summed E-state index contributed by atoms with van der Waals surface area (Å²) < 4.78 is 13.4. The van der Waals surface area contributed by atoms with Gasteiger partial charge in [-0.25, -0.2) is 4.98 Å². The van der Waals surface area contributed by atoms with Gasteiger partial charge in [-0.2, -0.15) is 4.39 Å². The number of carbonyl (C=O) groups is 1. The number of nitrogens with one attached hydrogen (secondary N) is 1. The third-order valence-corrected chi connectivity index (χ3v) is 1.85. The highest BCUT2D eigenvalue weighted by Crippen LogP contribution is 2.20. The van der Waals surface area contributed by atoms with E-state index in [0.29, 0.717) is 0 Å². The second-order valence-electron chi connectivity index (χ2n) is 4.19. The highest BCUT2D eigenvalue weighted by molar-refractivity contribution is 5.90. The molecular formula is C9H12FN3O2. The largest absolute Gasteiger partial charge is 0.364 e. The lowest BCUT2D eigenvalue weighted by Crippen LogP contribution is -2.31. The predicted molar refractivity (Wildman–Crippen MR) is 52.0 cm³/mol. The molecule has 0 aliphatic rings. The van der Waals surface area contributed by atoms with E-state index < -0.39 is 28.5 Å². The van der Waals surface area contributed by atoms with Crippen molar-refractivity contribution < 1.29 is 9.18 Å². The van der Waals surface area contributed by atoms with E-state index in [1.807, 2.05) is 0 Å². The molecule has 1 aromatic rings. The number of aromatic amines is 1. The molecule has 0 unspecified atom stereocenters. The molecule has 0 spiro atoms. The monoisotopic (exact) mass is 213 g/mol. The van der Waals surface area contributed by atoms with Gasteiger partial charge in [-0.05, 0) is 0 Å². The molecule has 0 fully saturated rings. The lowest BCUT2D eigenvalue weighted by atomic mass is 9.92. The fourth-order valence-electron chi connectivity index (χ4n) is 1.09. The Morgan fingerprint density at radius 1 is 1.47 bits per heavy atom. The normalized spacial score (nSPS) is 11.5. The zero-order valence-corrected chi connectivity index (χ0v) is 8.72. The first-order valence-corrected chi connectivity index (χ1v) is 4.33. The quantitative estimate of drug-likeness (QED) is 0.703. The molecule has 0 saturated heterocycles. The average molecular weight is 213 g/mol. The number of hydrogen-bond acceptors (Lipinski definition) is 3. The fraction of sp³-hybridized carbons (Fsp3) is 0.444. The second-order valence-corrected chi connectivity index (χ2v) is 4.19. The summed E-state index contributed by atoms with van der Waals surface area (Å²) in [7, 11) is 0. The number of nitrogens with zero attached hydrogens (tertiary/aromatic N) is 1. The summed E-state index contributed by atoms with van der Waals surface area (Å²) in [6.45, 7) is 5.15. The molecule has 15 heavy (non-hydrogen) atoms. The van der Waals surface area contributed by atoms with Crippen LogP contribution in [-0.2, 0) is 5.41 Å². The molecule has 6 heteroatoms. The van der Waals surface area contributed by atoms with Crippen LogP contribution < -0.4 is 11.3 Å². The van der Waals surface area contributed by atoms with E-state index in [4.69, 9.17) is 5.73 Å². The van der Waals surface area contributed by atoms with Crippen LogP contribution in [0, 0.1) is 5.95 Å². The lowest BCUT2D eigenvalue weighted by molar-refractivity contribution is 0.0992. The Kier molecular flexibility index (Phi) is 2.61. The summed E-state index contributed by atoms with van der Waals surface area (Å²) in [6, 6.07) is 0. The van der Waals surface area contributed by atoms with E-state index in [2.05, 4.69) is 9.97 Å². The number of halogens is 1. The van der Waals surface area contributed by atoms with E-state index in [1.54, 1.807) is 20.8 Å². The molecule has 1 aromatic heterocycles. The van der Waals surface area contributed by atoms with Gasteiger partial charge in [-0.3, -0.25) is 9.59 Å². The van der Waals surface area contributed by atoms with Crippen molar-refractivity contribution in [2.45, 2.75) is 26.2 Å². The van der Waals surface area contributed by atoms with E-state index in [1.165, 1.54) is 0 Å². The first kappa shape index (κ1) is 11.4. The van der Waals surface area contributed by atoms with Gasteiger partial charge in [0.15, 0.2) is 5.69 Å². The van der Waals surface area contributed by atoms with Crippen LogP contribution in [0.5, 0.6) is 0 Å². The molecule has 1 heterocycles. The second kappa shape index (κ2) is 3.45. The number of hydrogen-bond donors (Lipinski definition) is 2. The fourth-order valence-corrected chi connectivity index (χ4v) is 1.09. The zero-order valence-electron chi connectivity index (χ0n) is 8.72. The smallest absolute Gasteiger partial charge is 0.280 e. The molecule has 0 aliphatic heterocycles. The number of H-pyrrole nitrogens is 1. The van der Waals surface area contributed by atoms with Crippen molar-refractivity contribution in [1.29, 1.82) is 0 Å². The Morgan fingerprint density at radius 2 is 2.00 bits per heavy atom.